The second-order valence-electron chi connectivity index (χ2n) is 12.5. The Bertz CT molecular complexity index is 1430. The van der Waals surface area contributed by atoms with Crippen LogP contribution in [-0.2, 0) is 21.4 Å². The maximum absolute atomic E-state index is 11.8. The molecule has 0 amide bonds. The lowest BCUT2D eigenvalue weighted by Crippen LogP contribution is -2.37. The van der Waals surface area contributed by atoms with Gasteiger partial charge in [0.2, 0.25) is 0 Å². The molecule has 3 rings (SSSR count). The van der Waals surface area contributed by atoms with Crippen molar-refractivity contribution in [1.82, 2.24) is 4.98 Å². The highest BCUT2D eigenvalue weighted by atomic mass is 28.3. The number of rotatable bonds is 10. The molecule has 0 fully saturated rings. The lowest BCUT2D eigenvalue weighted by molar-refractivity contribution is -0.139. The Hall–Kier alpha value is -3.16. The molecular formula is C37H49NO2Si. The fraction of sp³-hybridized carbons (Fsp3) is 0.459. The van der Waals surface area contributed by atoms with Gasteiger partial charge in [0.25, 0.3) is 0 Å². The number of methoxy groups -OCH3 is 1. The number of pyridine rings is 1. The zero-order valence-electron chi connectivity index (χ0n) is 27.0. The van der Waals surface area contributed by atoms with E-state index in [2.05, 4.69) is 114 Å². The average Bonchev–Trinajstić information content (AvgIpc) is 2.95. The molecule has 0 N–H and O–H groups in total. The van der Waals surface area contributed by atoms with Crippen LogP contribution < -0.4 is 0 Å². The number of hydrogen-bond acceptors (Lipinski definition) is 3. The van der Waals surface area contributed by atoms with E-state index < -0.39 is 8.07 Å². The Balaban J connectivity index is 2.01. The Labute approximate surface area is 250 Å². The van der Waals surface area contributed by atoms with Gasteiger partial charge in [-0.2, -0.15) is 0 Å². The number of esters is 1. The van der Waals surface area contributed by atoms with Gasteiger partial charge in [-0.3, -0.25) is 9.78 Å². The predicted molar refractivity (Wildman–Crippen MR) is 176 cm³/mol. The number of aryl methyl sites for hydroxylation is 2. The molecule has 0 aliphatic carbocycles. The first-order valence-corrected chi connectivity index (χ1v) is 18.7. The van der Waals surface area contributed by atoms with E-state index in [0.29, 0.717) is 0 Å². The highest BCUT2D eigenvalue weighted by Gasteiger charge is 2.39. The summed E-state index contributed by atoms with van der Waals surface area (Å²) < 4.78 is 4.84. The highest BCUT2D eigenvalue weighted by Crippen LogP contribution is 2.44. The largest absolute Gasteiger partial charge is 0.469 e. The molecular weight excluding hydrogens is 518 g/mol. The van der Waals surface area contributed by atoms with Gasteiger partial charge in [-0.15, -0.1) is 0 Å². The summed E-state index contributed by atoms with van der Waals surface area (Å²) in [5, 5.41) is 0.141. The topological polar surface area (TPSA) is 39.2 Å². The molecule has 0 saturated heterocycles. The second kappa shape index (κ2) is 13.2. The van der Waals surface area contributed by atoms with Gasteiger partial charge in [0.05, 0.1) is 21.6 Å². The van der Waals surface area contributed by atoms with Gasteiger partial charge in [-0.25, -0.2) is 0 Å². The molecule has 4 heteroatoms. The van der Waals surface area contributed by atoms with Crippen molar-refractivity contribution in [3.05, 3.63) is 88.2 Å². The number of carbonyl (C=O) groups is 1. The number of aromatic nitrogens is 1. The molecule has 2 aromatic carbocycles. The van der Waals surface area contributed by atoms with Crippen molar-refractivity contribution in [2.75, 3.05) is 7.11 Å². The molecule has 0 aliphatic rings. The standard InChI is InChI=1S/C37H49NO2Si/c1-11-36(12-2,41(8,9)10)20-19-30-15-16-32(21-27(30)5)37(13-3,14-4)33-17-18-34(28(6)22-33)31-23-29(25-38-26-31)24-35(39)40-7/h15-18,21-23,25-26H,11-14,24H2,1-10H3. The summed E-state index contributed by atoms with van der Waals surface area (Å²) in [4.78, 5) is 16.2. The summed E-state index contributed by atoms with van der Waals surface area (Å²) in [6.45, 7) is 20.9. The maximum atomic E-state index is 11.8. The predicted octanol–water partition coefficient (Wildman–Crippen LogP) is 9.44. The number of ether oxygens (including phenoxy) is 1. The summed E-state index contributed by atoms with van der Waals surface area (Å²) in [7, 11) is -0.0368. The van der Waals surface area contributed by atoms with Gasteiger partial charge < -0.3 is 4.74 Å². The van der Waals surface area contributed by atoms with Crippen LogP contribution in [0.15, 0.2) is 54.9 Å². The van der Waals surface area contributed by atoms with Crippen LogP contribution in [0, 0.1) is 25.7 Å². The molecule has 0 atom stereocenters. The first kappa shape index (κ1) is 32.4. The van der Waals surface area contributed by atoms with Crippen molar-refractivity contribution in [3.8, 4) is 23.0 Å². The molecule has 1 aromatic heterocycles. The fourth-order valence-corrected chi connectivity index (χ4v) is 9.01. The fourth-order valence-electron chi connectivity index (χ4n) is 6.45. The molecule has 1 heterocycles. The number of benzene rings is 2. The van der Waals surface area contributed by atoms with E-state index in [0.717, 1.165) is 47.9 Å². The normalized spacial score (nSPS) is 12.0. The Morgan fingerprint density at radius 1 is 0.854 bits per heavy atom. The maximum Gasteiger partial charge on any atom is 0.310 e. The number of hydrogen-bond donors (Lipinski definition) is 0. The van der Waals surface area contributed by atoms with Crippen molar-refractivity contribution in [2.24, 2.45) is 0 Å². The Morgan fingerprint density at radius 2 is 1.46 bits per heavy atom. The zero-order chi connectivity index (χ0) is 30.4. The second-order valence-corrected chi connectivity index (χ2v) is 17.9. The van der Waals surface area contributed by atoms with E-state index in [1.807, 2.05) is 12.3 Å². The van der Waals surface area contributed by atoms with Gasteiger partial charge in [-0.1, -0.05) is 89.5 Å². The van der Waals surface area contributed by atoms with Crippen LogP contribution in [0.5, 0.6) is 0 Å². The molecule has 41 heavy (non-hydrogen) atoms. The molecule has 0 bridgehead atoms. The summed E-state index contributed by atoms with van der Waals surface area (Å²) in [6.07, 6.45) is 8.06. The average molecular weight is 568 g/mol. The summed E-state index contributed by atoms with van der Waals surface area (Å²) in [5.41, 5.74) is 9.19. The molecule has 0 saturated carbocycles. The molecule has 0 spiro atoms. The Kier molecular flexibility index (Phi) is 10.4. The first-order valence-electron chi connectivity index (χ1n) is 15.2. The minimum Gasteiger partial charge on any atom is -0.469 e. The SMILES string of the molecule is CCC(CC)(c1ccc(C#CC(CC)(CC)[Si](C)(C)C)c(C)c1)c1ccc(-c2cncc(CC(=O)OC)c2)c(C)c1. The van der Waals surface area contributed by atoms with Crippen molar-refractivity contribution in [1.29, 1.82) is 0 Å². The van der Waals surface area contributed by atoms with Gasteiger partial charge >= 0.3 is 5.97 Å². The third-order valence-corrected chi connectivity index (χ3v) is 13.2. The highest BCUT2D eigenvalue weighted by molar-refractivity contribution is 6.80. The van der Waals surface area contributed by atoms with Crippen LogP contribution in [0.3, 0.4) is 0 Å². The summed E-state index contributed by atoms with van der Waals surface area (Å²) in [6, 6.07) is 15.8. The first-order chi connectivity index (χ1) is 19.4. The van der Waals surface area contributed by atoms with Crippen molar-refractivity contribution in [2.45, 2.75) is 104 Å². The van der Waals surface area contributed by atoms with Crippen LogP contribution in [0.25, 0.3) is 11.1 Å². The minimum atomic E-state index is -1.45. The number of carbonyl (C=O) groups excluding carboxylic acids is 1. The van der Waals surface area contributed by atoms with E-state index in [-0.39, 0.29) is 22.8 Å². The third-order valence-electron chi connectivity index (χ3n) is 9.53. The molecule has 0 aliphatic heterocycles. The summed E-state index contributed by atoms with van der Waals surface area (Å²) in [5.74, 6) is 7.14. The lowest BCUT2D eigenvalue weighted by Gasteiger charge is -2.38. The van der Waals surface area contributed by atoms with Gasteiger partial charge in [0.15, 0.2) is 0 Å². The molecule has 218 valence electrons. The monoisotopic (exact) mass is 567 g/mol. The molecule has 3 nitrogen and oxygen atoms in total. The van der Waals surface area contributed by atoms with E-state index in [9.17, 15) is 4.79 Å². The third kappa shape index (κ3) is 6.68. The molecule has 0 unspecified atom stereocenters. The van der Waals surface area contributed by atoms with E-state index in [4.69, 9.17) is 4.74 Å². The minimum absolute atomic E-state index is 0.0834. The van der Waals surface area contributed by atoms with E-state index in [1.54, 1.807) is 6.20 Å². The van der Waals surface area contributed by atoms with E-state index in [1.165, 1.54) is 29.4 Å². The Morgan fingerprint density at radius 3 is 1.98 bits per heavy atom. The zero-order valence-corrected chi connectivity index (χ0v) is 28.0. The van der Waals surface area contributed by atoms with Crippen molar-refractivity contribution < 1.29 is 9.53 Å². The van der Waals surface area contributed by atoms with Crippen LogP contribution in [0.2, 0.25) is 24.7 Å². The lowest BCUT2D eigenvalue weighted by atomic mass is 9.69. The van der Waals surface area contributed by atoms with Crippen LogP contribution in [0.1, 0.15) is 86.8 Å². The van der Waals surface area contributed by atoms with E-state index >= 15 is 0 Å². The molecule has 3 aromatic rings. The van der Waals surface area contributed by atoms with Crippen LogP contribution in [0.4, 0.5) is 0 Å². The van der Waals surface area contributed by atoms with Crippen molar-refractivity contribution in [3.63, 3.8) is 0 Å². The van der Waals surface area contributed by atoms with Gasteiger partial charge in [-0.05, 0) is 85.0 Å². The van der Waals surface area contributed by atoms with Crippen LogP contribution >= 0.6 is 0 Å². The molecule has 0 radical (unpaired) electrons. The van der Waals surface area contributed by atoms with Gasteiger partial charge in [0.1, 0.15) is 0 Å². The van der Waals surface area contributed by atoms with Crippen LogP contribution in [-0.4, -0.2) is 26.1 Å². The summed E-state index contributed by atoms with van der Waals surface area (Å²) >= 11 is 0. The smallest absolute Gasteiger partial charge is 0.310 e. The van der Waals surface area contributed by atoms with Crippen molar-refractivity contribution >= 4 is 14.0 Å². The number of nitrogens with zero attached hydrogens (tertiary/aromatic N) is 1. The van der Waals surface area contributed by atoms with Gasteiger partial charge in [0, 0.05) is 34.0 Å². The quantitative estimate of drug-likeness (QED) is 0.139.